The molecule has 0 saturated carbocycles. The zero-order chi connectivity index (χ0) is 20.5. The maximum absolute atomic E-state index is 12.7. The number of hydrogen-bond acceptors (Lipinski definition) is 5. The molecule has 0 atom stereocenters. The van der Waals surface area contributed by atoms with Crippen LogP contribution in [0.2, 0.25) is 0 Å². The molecule has 2 heterocycles. The lowest BCUT2D eigenvalue weighted by Gasteiger charge is -2.22. The second-order valence-corrected chi connectivity index (χ2v) is 7.77. The summed E-state index contributed by atoms with van der Waals surface area (Å²) in [5.74, 6) is 0.438. The Kier molecular flexibility index (Phi) is 5.03. The largest absolute Gasteiger partial charge is 0.488 e. The van der Waals surface area contributed by atoms with Crippen LogP contribution in [0, 0.1) is 13.8 Å². The number of aryl methyl sites for hydroxylation is 2. The van der Waals surface area contributed by atoms with E-state index in [1.807, 2.05) is 49.6 Å². The fourth-order valence-corrected chi connectivity index (χ4v) is 4.28. The molecule has 0 radical (unpaired) electrons. The minimum Gasteiger partial charge on any atom is -0.488 e. The number of rotatable bonds is 3. The number of anilines is 2. The van der Waals surface area contributed by atoms with Crippen molar-refractivity contribution in [3.8, 4) is 5.75 Å². The van der Waals surface area contributed by atoms with Gasteiger partial charge in [-0.25, -0.2) is 4.98 Å². The van der Waals surface area contributed by atoms with Crippen molar-refractivity contribution in [1.29, 1.82) is 0 Å². The second kappa shape index (κ2) is 7.64. The number of thiazole rings is 1. The van der Waals surface area contributed by atoms with Crippen LogP contribution in [0.4, 0.5) is 10.8 Å². The molecular formula is C23H20N2O3S. The molecule has 4 rings (SSSR count). The van der Waals surface area contributed by atoms with E-state index >= 15 is 0 Å². The molecule has 146 valence electrons. The van der Waals surface area contributed by atoms with Gasteiger partial charge in [0.15, 0.2) is 10.9 Å². The third-order valence-electron chi connectivity index (χ3n) is 4.81. The number of ether oxygens (including phenoxy) is 1. The number of nitrogens with zero attached hydrogens (tertiary/aromatic N) is 2. The minimum absolute atomic E-state index is 0.0560. The number of ketones is 1. The van der Waals surface area contributed by atoms with E-state index in [0.29, 0.717) is 27.7 Å². The van der Waals surface area contributed by atoms with Gasteiger partial charge in [-0.2, -0.15) is 0 Å². The summed E-state index contributed by atoms with van der Waals surface area (Å²) >= 11 is 1.37. The van der Waals surface area contributed by atoms with Crippen molar-refractivity contribution in [1.82, 2.24) is 4.98 Å². The summed E-state index contributed by atoms with van der Waals surface area (Å²) in [7, 11) is 0. The molecule has 1 amide bonds. The summed E-state index contributed by atoms with van der Waals surface area (Å²) < 4.78 is 5.69. The average Bonchev–Trinajstić information content (AvgIpc) is 3.15. The maximum Gasteiger partial charge on any atom is 0.230 e. The molecule has 6 heteroatoms. The molecule has 2 aromatic carbocycles. The molecule has 1 aromatic heterocycles. The van der Waals surface area contributed by atoms with Crippen LogP contribution < -0.4 is 9.64 Å². The number of amides is 1. The molecule has 0 aliphatic carbocycles. The zero-order valence-corrected chi connectivity index (χ0v) is 17.2. The van der Waals surface area contributed by atoms with Crippen LogP contribution in [-0.2, 0) is 4.79 Å². The Hall–Kier alpha value is -3.25. The van der Waals surface area contributed by atoms with E-state index in [-0.39, 0.29) is 18.3 Å². The van der Waals surface area contributed by atoms with E-state index in [4.69, 9.17) is 4.74 Å². The number of carbonyl (C=O) groups is 2. The van der Waals surface area contributed by atoms with Crippen molar-refractivity contribution in [2.75, 3.05) is 11.5 Å². The Morgan fingerprint density at radius 2 is 1.86 bits per heavy atom. The lowest BCUT2D eigenvalue weighted by atomic mass is 10.00. The molecule has 5 nitrogen and oxygen atoms in total. The minimum atomic E-state index is -0.109. The molecule has 3 aromatic rings. The van der Waals surface area contributed by atoms with Gasteiger partial charge in [-0.1, -0.05) is 30.3 Å². The normalized spacial score (nSPS) is 14.4. The highest BCUT2D eigenvalue weighted by molar-refractivity contribution is 7.14. The van der Waals surface area contributed by atoms with Crippen molar-refractivity contribution in [2.24, 2.45) is 0 Å². The van der Waals surface area contributed by atoms with E-state index < -0.39 is 0 Å². The first-order valence-electron chi connectivity index (χ1n) is 9.25. The second-order valence-electron chi connectivity index (χ2n) is 6.93. The van der Waals surface area contributed by atoms with Gasteiger partial charge < -0.3 is 4.74 Å². The quantitative estimate of drug-likeness (QED) is 0.570. The number of Topliss-reactive ketones (excluding diaryl/α,β-unsaturated/α-hetero) is 1. The molecule has 0 N–H and O–H groups in total. The molecule has 29 heavy (non-hydrogen) atoms. The number of fused-ring (bicyclic) bond motifs is 1. The monoisotopic (exact) mass is 404 g/mol. The van der Waals surface area contributed by atoms with Crippen molar-refractivity contribution < 1.29 is 14.3 Å². The van der Waals surface area contributed by atoms with Gasteiger partial charge in [0.1, 0.15) is 12.4 Å². The van der Waals surface area contributed by atoms with Crippen LogP contribution in [-0.4, -0.2) is 23.3 Å². The molecule has 0 bridgehead atoms. The van der Waals surface area contributed by atoms with E-state index in [1.54, 1.807) is 23.1 Å². The Labute approximate surface area is 173 Å². The highest BCUT2D eigenvalue weighted by atomic mass is 32.1. The highest BCUT2D eigenvalue weighted by Gasteiger charge is 2.24. The Morgan fingerprint density at radius 3 is 2.59 bits per heavy atom. The predicted octanol–water partition coefficient (Wildman–Crippen LogP) is 5.10. The van der Waals surface area contributed by atoms with E-state index in [2.05, 4.69) is 4.98 Å². The van der Waals surface area contributed by atoms with Gasteiger partial charge in [0, 0.05) is 17.9 Å². The molecular weight excluding hydrogens is 384 g/mol. The van der Waals surface area contributed by atoms with Gasteiger partial charge in [0.25, 0.3) is 0 Å². The average molecular weight is 404 g/mol. The van der Waals surface area contributed by atoms with Crippen LogP contribution in [0.3, 0.4) is 0 Å². The van der Waals surface area contributed by atoms with Gasteiger partial charge in [-0.15, -0.1) is 11.3 Å². The summed E-state index contributed by atoms with van der Waals surface area (Å²) in [6.07, 6.45) is 1.74. The van der Waals surface area contributed by atoms with Crippen molar-refractivity contribution in [2.45, 2.75) is 20.8 Å². The molecule has 0 saturated heterocycles. The summed E-state index contributed by atoms with van der Waals surface area (Å²) in [6.45, 7) is 5.69. The van der Waals surface area contributed by atoms with Crippen LogP contribution in [0.25, 0.3) is 6.08 Å². The maximum atomic E-state index is 12.7. The standard InChI is InChI=1S/C23H20N2O3S/c1-14-7-6-8-15(2)21(14)25(16(3)26)23-24-18(13-29-23)11-17-12-28-20-10-5-4-9-19(20)22(17)27/h4-11,13H,12H2,1-3H3/b17-11+. The van der Waals surface area contributed by atoms with Crippen LogP contribution in [0.1, 0.15) is 34.1 Å². The summed E-state index contributed by atoms with van der Waals surface area (Å²) in [4.78, 5) is 31.4. The lowest BCUT2D eigenvalue weighted by Crippen LogP contribution is -2.24. The Morgan fingerprint density at radius 1 is 1.14 bits per heavy atom. The topological polar surface area (TPSA) is 59.5 Å². The molecule has 0 fully saturated rings. The fraction of sp³-hybridized carbons (Fsp3) is 0.174. The third-order valence-corrected chi connectivity index (χ3v) is 5.65. The molecule has 1 aliphatic rings. The van der Waals surface area contributed by atoms with Gasteiger partial charge in [0.05, 0.1) is 16.9 Å². The number of benzene rings is 2. The first kappa shape index (κ1) is 19.1. The van der Waals surface area contributed by atoms with Crippen molar-refractivity contribution in [3.05, 3.63) is 75.8 Å². The number of carbonyl (C=O) groups excluding carboxylic acids is 2. The number of para-hydroxylation sites is 2. The van der Waals surface area contributed by atoms with Crippen molar-refractivity contribution >= 4 is 39.9 Å². The van der Waals surface area contributed by atoms with Crippen LogP contribution in [0.5, 0.6) is 5.75 Å². The van der Waals surface area contributed by atoms with E-state index in [1.165, 1.54) is 18.3 Å². The Bertz CT molecular complexity index is 1130. The van der Waals surface area contributed by atoms with Gasteiger partial charge >= 0.3 is 0 Å². The van der Waals surface area contributed by atoms with E-state index in [0.717, 1.165) is 16.8 Å². The first-order valence-corrected chi connectivity index (χ1v) is 10.1. The van der Waals surface area contributed by atoms with Crippen LogP contribution >= 0.6 is 11.3 Å². The molecule has 0 spiro atoms. The van der Waals surface area contributed by atoms with Crippen LogP contribution in [0.15, 0.2) is 53.4 Å². The predicted molar refractivity (Wildman–Crippen MR) is 115 cm³/mol. The smallest absolute Gasteiger partial charge is 0.230 e. The van der Waals surface area contributed by atoms with Gasteiger partial charge in [0.2, 0.25) is 5.91 Å². The van der Waals surface area contributed by atoms with Crippen molar-refractivity contribution in [3.63, 3.8) is 0 Å². The highest BCUT2D eigenvalue weighted by Crippen LogP contribution is 2.34. The SMILES string of the molecule is CC(=O)N(c1nc(/C=C2\COc3ccccc3C2=O)cs1)c1c(C)cccc1C. The summed E-state index contributed by atoms with van der Waals surface area (Å²) in [6, 6.07) is 13.1. The fourth-order valence-electron chi connectivity index (χ4n) is 3.45. The van der Waals surface area contributed by atoms with E-state index in [9.17, 15) is 9.59 Å². The Balaban J connectivity index is 1.68. The van der Waals surface area contributed by atoms with Gasteiger partial charge in [-0.3, -0.25) is 14.5 Å². The number of hydrogen-bond donors (Lipinski definition) is 0. The molecule has 0 unspecified atom stereocenters. The number of aromatic nitrogens is 1. The first-order chi connectivity index (χ1) is 14.0. The summed E-state index contributed by atoms with van der Waals surface area (Å²) in [5.41, 5.74) is 4.59. The zero-order valence-electron chi connectivity index (χ0n) is 16.4. The lowest BCUT2D eigenvalue weighted by molar-refractivity contribution is -0.115. The summed E-state index contributed by atoms with van der Waals surface area (Å²) in [5, 5.41) is 2.42. The molecule has 1 aliphatic heterocycles. The van der Waals surface area contributed by atoms with Gasteiger partial charge in [-0.05, 0) is 43.2 Å². The third kappa shape index (κ3) is 3.59.